The molecule has 250 valence electrons. The Labute approximate surface area is 279 Å². The van der Waals surface area contributed by atoms with Crippen LogP contribution in [-0.4, -0.2) is 64.3 Å². The van der Waals surface area contributed by atoms with Gasteiger partial charge in [0.15, 0.2) is 11.5 Å². The van der Waals surface area contributed by atoms with Crippen LogP contribution in [-0.2, 0) is 28.6 Å². The first kappa shape index (κ1) is 35.2. The van der Waals surface area contributed by atoms with Crippen LogP contribution in [0.15, 0.2) is 54.6 Å². The van der Waals surface area contributed by atoms with E-state index in [1.807, 2.05) is 13.8 Å². The number of rotatable bonds is 11. The van der Waals surface area contributed by atoms with Gasteiger partial charge < -0.3 is 33.9 Å². The zero-order valence-electron chi connectivity index (χ0n) is 27.5. The molecule has 1 N–H and O–H groups in total. The maximum absolute atomic E-state index is 14.5. The number of methoxy groups -OCH3 is 3. The molecule has 0 fully saturated rings. The molecular formula is C35H39ClN2O9. The molecule has 0 radical (unpaired) electrons. The minimum Gasteiger partial charge on any atom is -0.493 e. The van der Waals surface area contributed by atoms with Crippen LogP contribution in [0, 0.1) is 12.3 Å². The van der Waals surface area contributed by atoms with E-state index in [2.05, 4.69) is 5.32 Å². The molecule has 0 saturated heterocycles. The summed E-state index contributed by atoms with van der Waals surface area (Å²) < 4.78 is 28.0. The minimum absolute atomic E-state index is 0.0456. The van der Waals surface area contributed by atoms with Gasteiger partial charge >= 0.3 is 11.9 Å². The summed E-state index contributed by atoms with van der Waals surface area (Å²) in [6, 6.07) is 15.2. The van der Waals surface area contributed by atoms with Crippen molar-refractivity contribution in [2.24, 2.45) is 5.41 Å². The predicted molar refractivity (Wildman–Crippen MR) is 176 cm³/mol. The van der Waals surface area contributed by atoms with E-state index in [1.165, 1.54) is 34.3 Å². The second-order valence-electron chi connectivity index (χ2n) is 11.9. The van der Waals surface area contributed by atoms with E-state index in [1.54, 1.807) is 60.4 Å². The van der Waals surface area contributed by atoms with Crippen LogP contribution in [0.5, 0.6) is 11.5 Å². The van der Waals surface area contributed by atoms with E-state index in [4.69, 9.17) is 35.3 Å². The summed E-state index contributed by atoms with van der Waals surface area (Å²) in [5.41, 5.74) is 2.28. The van der Waals surface area contributed by atoms with Gasteiger partial charge in [0.25, 0.3) is 5.91 Å². The normalized spacial score (nSPS) is 16.1. The Morgan fingerprint density at radius 1 is 1.00 bits per heavy atom. The Kier molecular flexibility index (Phi) is 11.2. The maximum Gasteiger partial charge on any atom is 0.337 e. The van der Waals surface area contributed by atoms with Crippen LogP contribution in [0.25, 0.3) is 0 Å². The highest BCUT2D eigenvalue weighted by molar-refractivity contribution is 6.30. The Hall–Kier alpha value is -4.61. The molecule has 3 aromatic rings. The number of nitrogens with one attached hydrogen (secondary N) is 1. The average Bonchev–Trinajstić information content (AvgIpc) is 3.14. The first-order chi connectivity index (χ1) is 22.3. The average molecular weight is 667 g/mol. The maximum atomic E-state index is 14.5. The third kappa shape index (κ3) is 8.22. The molecule has 0 saturated carbocycles. The zero-order valence-corrected chi connectivity index (χ0v) is 28.2. The zero-order chi connectivity index (χ0) is 34.5. The van der Waals surface area contributed by atoms with Crippen molar-refractivity contribution in [3.05, 3.63) is 81.9 Å². The first-order valence-electron chi connectivity index (χ1n) is 14.9. The molecule has 1 heterocycles. The standard InChI is InChI=1S/C35H39ClN2O9/c1-20-11-12-22(34(42)45-7)15-26(20)37-30(40)17-29-33(41)38(18-35(3,4)19-46-21(2)39)27-14-13-23(36)16-25(27)31(47-29)24-9-8-10-28(43-5)32(24)44-6/h8-16,29,31H,17-19H2,1-7H3,(H,37,40)/t29-,31-/m1/s1. The SMILES string of the molecule is COC(=O)c1ccc(C)c(NC(=O)C[C@H]2O[C@H](c3cccc(OC)c3OC)c3cc(Cl)ccc3N(CC(C)(C)COC(C)=O)C2=O)c1. The van der Waals surface area contributed by atoms with Gasteiger partial charge in [-0.05, 0) is 48.9 Å². The molecule has 0 bridgehead atoms. The predicted octanol–water partition coefficient (Wildman–Crippen LogP) is 5.89. The van der Waals surface area contributed by atoms with E-state index in [0.717, 1.165) is 0 Å². The van der Waals surface area contributed by atoms with E-state index in [9.17, 15) is 19.2 Å². The van der Waals surface area contributed by atoms with Gasteiger partial charge in [-0.2, -0.15) is 0 Å². The Balaban J connectivity index is 1.80. The van der Waals surface area contributed by atoms with Gasteiger partial charge in [-0.1, -0.05) is 43.6 Å². The number of anilines is 2. The number of carbonyl (C=O) groups excluding carboxylic acids is 4. The van der Waals surface area contributed by atoms with Crippen molar-refractivity contribution in [2.45, 2.75) is 46.3 Å². The molecule has 1 aliphatic heterocycles. The summed E-state index contributed by atoms with van der Waals surface area (Å²) in [5, 5.41) is 3.22. The Morgan fingerprint density at radius 2 is 1.74 bits per heavy atom. The molecule has 0 aromatic heterocycles. The van der Waals surface area contributed by atoms with Crippen LogP contribution in [0.1, 0.15) is 60.3 Å². The summed E-state index contributed by atoms with van der Waals surface area (Å²) in [4.78, 5) is 53.4. The van der Waals surface area contributed by atoms with Gasteiger partial charge in [-0.15, -0.1) is 0 Å². The van der Waals surface area contributed by atoms with Crippen molar-refractivity contribution in [3.8, 4) is 11.5 Å². The fourth-order valence-corrected chi connectivity index (χ4v) is 5.55. The summed E-state index contributed by atoms with van der Waals surface area (Å²) in [6.45, 7) is 7.00. The van der Waals surface area contributed by atoms with Crippen LogP contribution in [0.3, 0.4) is 0 Å². The summed E-state index contributed by atoms with van der Waals surface area (Å²) >= 11 is 6.52. The molecular weight excluding hydrogens is 628 g/mol. The van der Waals surface area contributed by atoms with Crippen LogP contribution in [0.2, 0.25) is 5.02 Å². The van der Waals surface area contributed by atoms with Gasteiger partial charge in [0.2, 0.25) is 5.91 Å². The second kappa shape index (κ2) is 14.9. The monoisotopic (exact) mass is 666 g/mol. The molecule has 12 heteroatoms. The summed E-state index contributed by atoms with van der Waals surface area (Å²) in [6.07, 6.45) is -2.57. The van der Waals surface area contributed by atoms with Crippen molar-refractivity contribution in [1.82, 2.24) is 0 Å². The lowest BCUT2D eigenvalue weighted by Crippen LogP contribution is -2.46. The lowest BCUT2D eigenvalue weighted by molar-refractivity contribution is -0.144. The fourth-order valence-electron chi connectivity index (χ4n) is 5.37. The van der Waals surface area contributed by atoms with Crippen molar-refractivity contribution in [3.63, 3.8) is 0 Å². The van der Waals surface area contributed by atoms with Gasteiger partial charge in [0.05, 0.1) is 39.9 Å². The van der Waals surface area contributed by atoms with Crippen molar-refractivity contribution in [1.29, 1.82) is 0 Å². The van der Waals surface area contributed by atoms with Gasteiger partial charge in [-0.25, -0.2) is 4.79 Å². The van der Waals surface area contributed by atoms with Crippen LogP contribution < -0.4 is 19.7 Å². The molecule has 0 unspecified atom stereocenters. The molecule has 11 nitrogen and oxygen atoms in total. The Bertz CT molecular complexity index is 1670. The fraction of sp³-hybridized carbons (Fsp3) is 0.371. The van der Waals surface area contributed by atoms with Crippen molar-refractivity contribution in [2.75, 3.05) is 44.7 Å². The van der Waals surface area contributed by atoms with E-state index < -0.39 is 41.4 Å². The van der Waals surface area contributed by atoms with Crippen LogP contribution >= 0.6 is 11.6 Å². The van der Waals surface area contributed by atoms with Gasteiger partial charge in [-0.3, -0.25) is 14.4 Å². The quantitative estimate of drug-likeness (QED) is 0.249. The highest BCUT2D eigenvalue weighted by Gasteiger charge is 2.41. The van der Waals surface area contributed by atoms with E-state index >= 15 is 0 Å². The number of hydrogen-bond acceptors (Lipinski definition) is 9. The number of ether oxygens (including phenoxy) is 5. The third-order valence-electron chi connectivity index (χ3n) is 7.68. The summed E-state index contributed by atoms with van der Waals surface area (Å²) in [7, 11) is 4.29. The lowest BCUT2D eigenvalue weighted by atomic mass is 9.92. The number of carbonyl (C=O) groups is 4. The number of esters is 2. The number of hydrogen-bond donors (Lipinski definition) is 1. The number of amides is 2. The summed E-state index contributed by atoms with van der Waals surface area (Å²) in [5.74, 6) is -1.16. The lowest BCUT2D eigenvalue weighted by Gasteiger charge is -2.33. The highest BCUT2D eigenvalue weighted by atomic mass is 35.5. The third-order valence-corrected chi connectivity index (χ3v) is 7.91. The van der Waals surface area contributed by atoms with Gasteiger partial charge in [0, 0.05) is 46.4 Å². The highest BCUT2D eigenvalue weighted by Crippen LogP contribution is 2.45. The number of benzene rings is 3. The van der Waals surface area contributed by atoms with E-state index in [0.29, 0.717) is 44.6 Å². The number of para-hydroxylation sites is 1. The molecule has 0 aliphatic carbocycles. The smallest absolute Gasteiger partial charge is 0.337 e. The van der Waals surface area contributed by atoms with Crippen molar-refractivity contribution >= 4 is 46.7 Å². The molecule has 47 heavy (non-hydrogen) atoms. The van der Waals surface area contributed by atoms with Crippen molar-refractivity contribution < 1.29 is 42.9 Å². The second-order valence-corrected chi connectivity index (χ2v) is 12.4. The molecule has 2 amide bonds. The minimum atomic E-state index is -1.28. The molecule has 2 atom stereocenters. The molecule has 4 rings (SSSR count). The van der Waals surface area contributed by atoms with E-state index in [-0.39, 0.29) is 25.1 Å². The Morgan fingerprint density at radius 3 is 2.40 bits per heavy atom. The topological polar surface area (TPSA) is 130 Å². The number of halogens is 1. The number of fused-ring (bicyclic) bond motifs is 1. The number of aryl methyl sites for hydroxylation is 1. The number of nitrogens with zero attached hydrogens (tertiary/aromatic N) is 1. The molecule has 0 spiro atoms. The molecule has 3 aromatic carbocycles. The largest absolute Gasteiger partial charge is 0.493 e. The molecule has 1 aliphatic rings. The van der Waals surface area contributed by atoms with Gasteiger partial charge in [0.1, 0.15) is 12.2 Å². The van der Waals surface area contributed by atoms with Crippen LogP contribution in [0.4, 0.5) is 11.4 Å². The first-order valence-corrected chi connectivity index (χ1v) is 15.3.